The van der Waals surface area contributed by atoms with Crippen molar-refractivity contribution in [3.8, 4) is 0 Å². The van der Waals surface area contributed by atoms with Crippen molar-refractivity contribution >= 4 is 5.78 Å². The Hall–Kier alpha value is -0.840. The first-order chi connectivity index (χ1) is 7.14. The second-order valence-electron chi connectivity index (χ2n) is 5.25. The van der Waals surface area contributed by atoms with Gasteiger partial charge in [-0.25, -0.2) is 0 Å². The normalized spacial score (nSPS) is 33.5. The fraction of sp³-hybridized carbons (Fsp3) is 0.727. The molecule has 1 saturated carbocycles. The molecule has 16 heavy (non-hydrogen) atoms. The summed E-state index contributed by atoms with van der Waals surface area (Å²) in [5, 5.41) is 9.87. The van der Waals surface area contributed by atoms with Gasteiger partial charge in [-0.05, 0) is 23.3 Å². The number of allylic oxidation sites excluding steroid dienone is 1. The van der Waals surface area contributed by atoms with E-state index in [1.54, 1.807) is 13.8 Å². The van der Waals surface area contributed by atoms with Gasteiger partial charge in [-0.15, -0.1) is 0 Å². The van der Waals surface area contributed by atoms with Gasteiger partial charge in [-0.3, -0.25) is 4.79 Å². The number of aliphatic hydroxyl groups excluding tert-OH is 1. The number of halogens is 3. The lowest BCUT2D eigenvalue weighted by Crippen LogP contribution is -2.27. The van der Waals surface area contributed by atoms with E-state index in [1.165, 1.54) is 0 Å². The summed E-state index contributed by atoms with van der Waals surface area (Å²) in [5.41, 5.74) is -1.75. The molecule has 0 radical (unpaired) electrons. The van der Waals surface area contributed by atoms with Crippen LogP contribution in [0.3, 0.4) is 0 Å². The first-order valence-corrected chi connectivity index (χ1v) is 5.17. The van der Waals surface area contributed by atoms with E-state index in [2.05, 4.69) is 0 Å². The van der Waals surface area contributed by atoms with Gasteiger partial charge in [0, 0.05) is 6.42 Å². The fourth-order valence-electron chi connectivity index (χ4n) is 2.83. The molecule has 0 bridgehead atoms. The molecule has 0 aromatic rings. The molecule has 0 amide bonds. The number of hydrogen-bond acceptors (Lipinski definition) is 2. The van der Waals surface area contributed by atoms with Crippen LogP contribution in [-0.4, -0.2) is 23.2 Å². The minimum absolute atomic E-state index is 0.0810. The molecule has 5 heteroatoms. The van der Waals surface area contributed by atoms with E-state index in [0.717, 1.165) is 0 Å². The quantitative estimate of drug-likeness (QED) is 0.697. The van der Waals surface area contributed by atoms with Crippen molar-refractivity contribution in [2.24, 2.45) is 11.3 Å². The Balaban J connectivity index is 2.53. The molecule has 1 N–H and O–H groups in total. The Morgan fingerprint density at radius 2 is 1.94 bits per heavy atom. The summed E-state index contributed by atoms with van der Waals surface area (Å²) < 4.78 is 38.1. The molecular formula is C11H13F3O2. The number of fused-ring (bicyclic) bond motifs is 1. The predicted octanol–water partition coefficient (Wildman–Crippen LogP) is 2.23. The van der Waals surface area contributed by atoms with Gasteiger partial charge in [0.25, 0.3) is 0 Å². The lowest BCUT2D eigenvalue weighted by Gasteiger charge is -2.23. The summed E-state index contributed by atoms with van der Waals surface area (Å²) in [4.78, 5) is 11.3. The van der Waals surface area contributed by atoms with Crippen LogP contribution in [0.1, 0.15) is 26.7 Å². The summed E-state index contributed by atoms with van der Waals surface area (Å²) in [6.07, 6.45) is -5.46. The Morgan fingerprint density at radius 3 is 2.44 bits per heavy atom. The van der Waals surface area contributed by atoms with E-state index >= 15 is 0 Å². The van der Waals surface area contributed by atoms with Gasteiger partial charge >= 0.3 is 6.18 Å². The molecule has 2 rings (SSSR count). The molecule has 0 saturated heterocycles. The smallest absolute Gasteiger partial charge is 0.388 e. The van der Waals surface area contributed by atoms with Crippen LogP contribution in [0.2, 0.25) is 0 Å². The third-order valence-corrected chi connectivity index (χ3v) is 3.53. The van der Waals surface area contributed by atoms with E-state index in [4.69, 9.17) is 0 Å². The number of alkyl halides is 3. The van der Waals surface area contributed by atoms with E-state index in [-0.39, 0.29) is 12.0 Å². The van der Waals surface area contributed by atoms with Gasteiger partial charge in [-0.2, -0.15) is 13.2 Å². The van der Waals surface area contributed by atoms with Crippen molar-refractivity contribution in [1.82, 2.24) is 0 Å². The second-order valence-corrected chi connectivity index (χ2v) is 5.25. The summed E-state index contributed by atoms with van der Waals surface area (Å²) in [6.45, 7) is 3.45. The van der Waals surface area contributed by atoms with Crippen molar-refractivity contribution in [3.63, 3.8) is 0 Å². The molecule has 2 nitrogen and oxygen atoms in total. The highest BCUT2D eigenvalue weighted by Crippen LogP contribution is 2.53. The molecule has 2 unspecified atom stereocenters. The number of carbonyl (C=O) groups excluding carboxylic acids is 1. The number of aliphatic hydroxyl groups is 1. The van der Waals surface area contributed by atoms with Crippen molar-refractivity contribution < 1.29 is 23.1 Å². The van der Waals surface area contributed by atoms with E-state index in [0.29, 0.717) is 6.42 Å². The third-order valence-electron chi connectivity index (χ3n) is 3.53. The van der Waals surface area contributed by atoms with Gasteiger partial charge in [-0.1, -0.05) is 13.8 Å². The van der Waals surface area contributed by atoms with Crippen LogP contribution < -0.4 is 0 Å². The molecular weight excluding hydrogens is 221 g/mol. The third kappa shape index (κ3) is 1.49. The van der Waals surface area contributed by atoms with Crippen LogP contribution in [-0.2, 0) is 4.79 Å². The van der Waals surface area contributed by atoms with Crippen LogP contribution in [0.4, 0.5) is 13.2 Å². The topological polar surface area (TPSA) is 37.3 Å². The zero-order valence-corrected chi connectivity index (χ0v) is 9.06. The molecule has 0 aromatic heterocycles. The van der Waals surface area contributed by atoms with Crippen LogP contribution in [0.15, 0.2) is 11.1 Å². The lowest BCUT2D eigenvalue weighted by molar-refractivity contribution is -0.128. The van der Waals surface area contributed by atoms with Crippen LogP contribution in [0.25, 0.3) is 0 Å². The van der Waals surface area contributed by atoms with Gasteiger partial charge in [0.05, 0.1) is 6.10 Å². The van der Waals surface area contributed by atoms with Crippen LogP contribution in [0, 0.1) is 11.3 Å². The standard InChI is InChI=1S/C11H13F3O2/c1-10(2)4-5-3-6(15)8(11(12,13)14)7(5)9(10)16/h5,9,16H,3-4H2,1-2H3. The maximum absolute atomic E-state index is 12.7. The zero-order valence-electron chi connectivity index (χ0n) is 9.06. The number of rotatable bonds is 0. The highest BCUT2D eigenvalue weighted by atomic mass is 19.4. The number of carbonyl (C=O) groups is 1. The molecule has 2 atom stereocenters. The maximum atomic E-state index is 12.7. The largest absolute Gasteiger partial charge is 0.419 e. The molecule has 0 aromatic carbocycles. The molecule has 0 aliphatic heterocycles. The highest BCUT2D eigenvalue weighted by molar-refractivity contribution is 6.00. The van der Waals surface area contributed by atoms with Gasteiger partial charge < -0.3 is 5.11 Å². The summed E-state index contributed by atoms with van der Waals surface area (Å²) in [5.74, 6) is -1.30. The Morgan fingerprint density at radius 1 is 1.38 bits per heavy atom. The predicted molar refractivity (Wildman–Crippen MR) is 50.6 cm³/mol. The van der Waals surface area contributed by atoms with E-state index in [9.17, 15) is 23.1 Å². The van der Waals surface area contributed by atoms with Gasteiger partial charge in [0.2, 0.25) is 0 Å². The second kappa shape index (κ2) is 3.09. The van der Waals surface area contributed by atoms with Crippen LogP contribution in [0.5, 0.6) is 0 Å². The monoisotopic (exact) mass is 234 g/mol. The molecule has 0 spiro atoms. The van der Waals surface area contributed by atoms with E-state index in [1.807, 2.05) is 0 Å². The molecule has 2 aliphatic rings. The van der Waals surface area contributed by atoms with Gasteiger partial charge in [0.1, 0.15) is 5.57 Å². The maximum Gasteiger partial charge on any atom is 0.419 e. The SMILES string of the molecule is CC1(C)CC2CC(=O)C(C(F)(F)F)=C2C1O. The van der Waals surface area contributed by atoms with Crippen molar-refractivity contribution in [2.75, 3.05) is 0 Å². The molecule has 1 fully saturated rings. The lowest BCUT2D eigenvalue weighted by atomic mass is 9.86. The average Bonchev–Trinajstić information content (AvgIpc) is 2.46. The first kappa shape index (κ1) is 11.6. The first-order valence-electron chi connectivity index (χ1n) is 5.17. The Labute approximate surface area is 91.1 Å². The average molecular weight is 234 g/mol. The summed E-state index contributed by atoms with van der Waals surface area (Å²) >= 11 is 0. The summed E-state index contributed by atoms with van der Waals surface area (Å²) in [7, 11) is 0. The van der Waals surface area contributed by atoms with Gasteiger partial charge in [0.15, 0.2) is 5.78 Å². The molecule has 90 valence electrons. The number of hydrogen-bond donors (Lipinski definition) is 1. The highest BCUT2D eigenvalue weighted by Gasteiger charge is 2.55. The Kier molecular flexibility index (Phi) is 2.25. The van der Waals surface area contributed by atoms with Crippen molar-refractivity contribution in [2.45, 2.75) is 39.0 Å². The fourth-order valence-corrected chi connectivity index (χ4v) is 2.83. The number of ketones is 1. The Bertz CT molecular complexity index is 379. The molecule has 0 heterocycles. The molecule has 2 aliphatic carbocycles. The van der Waals surface area contributed by atoms with Crippen molar-refractivity contribution in [3.05, 3.63) is 11.1 Å². The van der Waals surface area contributed by atoms with Crippen LogP contribution >= 0.6 is 0 Å². The van der Waals surface area contributed by atoms with Crippen molar-refractivity contribution in [1.29, 1.82) is 0 Å². The minimum atomic E-state index is -4.64. The summed E-state index contributed by atoms with van der Waals surface area (Å²) in [6, 6.07) is 0. The number of Topliss-reactive ketones (excluding diaryl/α,β-unsaturated/α-hetero) is 1. The van der Waals surface area contributed by atoms with E-state index < -0.39 is 35.0 Å². The zero-order chi connectivity index (χ0) is 12.3. The minimum Gasteiger partial charge on any atom is -0.388 e.